The second kappa shape index (κ2) is 62.6. The van der Waals surface area contributed by atoms with Gasteiger partial charge >= 0.3 is 39.5 Å². The summed E-state index contributed by atoms with van der Waals surface area (Å²) in [6.07, 6.45) is 46.2. The molecule has 0 aliphatic rings. The van der Waals surface area contributed by atoms with Crippen LogP contribution in [0.1, 0.15) is 364 Å². The molecular weight excluding hydrogens is 1210 g/mol. The van der Waals surface area contributed by atoms with E-state index in [4.69, 9.17) is 37.0 Å². The van der Waals surface area contributed by atoms with Gasteiger partial charge in [-0.2, -0.15) is 0 Å². The van der Waals surface area contributed by atoms with Crippen molar-refractivity contribution in [1.29, 1.82) is 0 Å². The number of carbonyl (C=O) groups is 4. The Hall–Kier alpha value is -1.94. The van der Waals surface area contributed by atoms with Crippen LogP contribution in [0.2, 0.25) is 0 Å². The largest absolute Gasteiger partial charge is 0.472 e. The van der Waals surface area contributed by atoms with Gasteiger partial charge in [0, 0.05) is 25.7 Å². The Bertz CT molecular complexity index is 1820. The minimum atomic E-state index is -4.95. The van der Waals surface area contributed by atoms with Crippen LogP contribution in [-0.2, 0) is 65.4 Å². The lowest BCUT2D eigenvalue weighted by Gasteiger charge is -2.21. The fraction of sp³-hybridized carbons (Fsp3) is 0.945. The van der Waals surface area contributed by atoms with Crippen LogP contribution in [0.5, 0.6) is 0 Å². The summed E-state index contributed by atoms with van der Waals surface area (Å²) >= 11 is 0. The summed E-state index contributed by atoms with van der Waals surface area (Å²) in [6.45, 7) is 14.1. The number of hydrogen-bond acceptors (Lipinski definition) is 15. The highest BCUT2D eigenvalue weighted by molar-refractivity contribution is 7.47. The molecule has 0 amide bonds. The lowest BCUT2D eigenvalue weighted by molar-refractivity contribution is -0.161. The maximum Gasteiger partial charge on any atom is 0.472 e. The summed E-state index contributed by atoms with van der Waals surface area (Å²) in [5.74, 6) is 0.885. The molecule has 0 aromatic rings. The van der Waals surface area contributed by atoms with E-state index in [1.165, 1.54) is 161 Å². The van der Waals surface area contributed by atoms with Crippen LogP contribution in [0.3, 0.4) is 0 Å². The average Bonchev–Trinajstić information content (AvgIpc) is 3.68. The van der Waals surface area contributed by atoms with Gasteiger partial charge in [0.2, 0.25) is 0 Å². The van der Waals surface area contributed by atoms with Crippen molar-refractivity contribution in [1.82, 2.24) is 0 Å². The Morgan fingerprint density at radius 1 is 0.304 bits per heavy atom. The molecule has 0 saturated carbocycles. The normalized spacial score (nSPS) is 15.1. The predicted octanol–water partition coefficient (Wildman–Crippen LogP) is 20.9. The zero-order valence-electron chi connectivity index (χ0n) is 60.2. The molecule has 0 radical (unpaired) electrons. The summed E-state index contributed by atoms with van der Waals surface area (Å²) in [6, 6.07) is 0. The molecule has 0 aliphatic heterocycles. The number of carbonyl (C=O) groups excluding carboxylic acids is 4. The van der Waals surface area contributed by atoms with Crippen LogP contribution in [0.25, 0.3) is 0 Å². The maximum absolute atomic E-state index is 13.0. The Balaban J connectivity index is 5.11. The Morgan fingerprint density at radius 3 is 0.772 bits per heavy atom. The van der Waals surface area contributed by atoms with E-state index in [1.54, 1.807) is 0 Å². The molecule has 0 aliphatic carbocycles. The van der Waals surface area contributed by atoms with Crippen molar-refractivity contribution in [2.45, 2.75) is 382 Å². The van der Waals surface area contributed by atoms with Gasteiger partial charge in [0.1, 0.15) is 19.3 Å². The highest BCUT2D eigenvalue weighted by Gasteiger charge is 2.30. The highest BCUT2D eigenvalue weighted by atomic mass is 31.2. The van der Waals surface area contributed by atoms with E-state index in [1.807, 2.05) is 0 Å². The lowest BCUT2D eigenvalue weighted by Crippen LogP contribution is -2.30. The second-order valence-electron chi connectivity index (χ2n) is 27.5. The summed E-state index contributed by atoms with van der Waals surface area (Å²) in [5.41, 5.74) is 0. The van der Waals surface area contributed by atoms with Gasteiger partial charge < -0.3 is 33.8 Å². The average molecular weight is 1350 g/mol. The molecule has 6 unspecified atom stereocenters. The quantitative estimate of drug-likeness (QED) is 0.0222. The van der Waals surface area contributed by atoms with Crippen LogP contribution in [-0.4, -0.2) is 96.7 Å². The van der Waals surface area contributed by atoms with Crippen molar-refractivity contribution in [3.8, 4) is 0 Å². The summed E-state index contributed by atoms with van der Waals surface area (Å²) in [4.78, 5) is 72.5. The molecule has 3 N–H and O–H groups in total. The lowest BCUT2D eigenvalue weighted by atomic mass is 9.99. The molecule has 92 heavy (non-hydrogen) atoms. The third-order valence-corrected chi connectivity index (χ3v) is 19.8. The number of ether oxygens (including phenoxy) is 4. The number of aliphatic hydroxyl groups is 1. The van der Waals surface area contributed by atoms with Crippen molar-refractivity contribution in [2.75, 3.05) is 39.6 Å². The number of hydrogen-bond donors (Lipinski definition) is 3. The van der Waals surface area contributed by atoms with Crippen LogP contribution < -0.4 is 0 Å². The van der Waals surface area contributed by atoms with E-state index in [-0.39, 0.29) is 25.7 Å². The van der Waals surface area contributed by atoms with E-state index >= 15 is 0 Å². The van der Waals surface area contributed by atoms with Gasteiger partial charge in [-0.25, -0.2) is 9.13 Å². The molecule has 17 nitrogen and oxygen atoms in total. The first kappa shape index (κ1) is 90.1. The van der Waals surface area contributed by atoms with Crippen LogP contribution >= 0.6 is 15.6 Å². The Morgan fingerprint density at radius 2 is 0.522 bits per heavy atom. The second-order valence-corrected chi connectivity index (χ2v) is 30.4. The number of phosphoric acid groups is 2. The van der Waals surface area contributed by atoms with Crippen LogP contribution in [0.4, 0.5) is 0 Å². The van der Waals surface area contributed by atoms with Gasteiger partial charge in [0.05, 0.1) is 26.4 Å². The molecule has 19 heteroatoms. The number of unbranched alkanes of at least 4 members (excludes halogenated alkanes) is 33. The van der Waals surface area contributed by atoms with Gasteiger partial charge in [-0.05, 0) is 49.4 Å². The topological polar surface area (TPSA) is 237 Å². The maximum atomic E-state index is 13.0. The SMILES string of the molecule is CCC(C)CCCCCCCCCCCCCCCCCCCCC(=O)OC[C@H](COP(=O)(O)OCC(O)COP(=O)(O)OC[C@@H](COC(=O)CCCCCCCCCC(C)C)OC(=O)CCCCCCCCC(C)CC)OC(=O)CCCCCCCCC(C)CC. The van der Waals surface area contributed by atoms with Gasteiger partial charge in [-0.3, -0.25) is 37.3 Å². The zero-order valence-corrected chi connectivity index (χ0v) is 62.0. The molecule has 0 bridgehead atoms. The van der Waals surface area contributed by atoms with Crippen LogP contribution in [0, 0.1) is 23.7 Å². The molecular formula is C73H142O17P2. The standard InChI is InChI=1S/C73H142O17P2/c1-9-64(6)50-42-34-26-22-20-18-16-14-12-13-15-17-19-21-23-27-37-45-53-70(75)83-59-68(89-72(77)55-47-39-31-29-35-43-51-65(7)10-2)61-87-91(79,80)85-57-67(74)58-86-92(81,82)88-62-69(90-73(78)56-48-40-32-30-36-44-52-66(8)11-3)60-84-71(76)54-46-38-28-24-25-33-41-49-63(4)5/h63-69,74H,9-62H2,1-8H3,(H,79,80)(H,81,82)/t64?,65?,66?,67?,68-,69-/m1/s1. The number of esters is 4. The minimum absolute atomic E-state index is 0.102. The van der Waals surface area contributed by atoms with E-state index < -0.39 is 97.5 Å². The van der Waals surface area contributed by atoms with Crippen molar-refractivity contribution < 1.29 is 80.2 Å². The van der Waals surface area contributed by atoms with Gasteiger partial charge in [-0.1, -0.05) is 312 Å². The zero-order chi connectivity index (χ0) is 68.2. The molecule has 0 fully saturated rings. The molecule has 0 saturated heterocycles. The van der Waals surface area contributed by atoms with E-state index in [0.29, 0.717) is 31.6 Å². The van der Waals surface area contributed by atoms with Crippen LogP contribution in [0.15, 0.2) is 0 Å². The smallest absolute Gasteiger partial charge is 0.462 e. The minimum Gasteiger partial charge on any atom is -0.462 e. The number of aliphatic hydroxyl groups excluding tert-OH is 1. The van der Waals surface area contributed by atoms with Gasteiger partial charge in [0.15, 0.2) is 12.2 Å². The van der Waals surface area contributed by atoms with Crippen molar-refractivity contribution in [2.24, 2.45) is 23.7 Å². The van der Waals surface area contributed by atoms with Gasteiger partial charge in [0.25, 0.3) is 0 Å². The molecule has 0 aromatic heterocycles. The summed E-state index contributed by atoms with van der Waals surface area (Å²) in [5, 5.41) is 10.6. The number of phosphoric ester groups is 2. The van der Waals surface area contributed by atoms with E-state index in [9.17, 15) is 43.2 Å². The van der Waals surface area contributed by atoms with Crippen molar-refractivity contribution >= 4 is 39.5 Å². The molecule has 0 aromatic carbocycles. The summed E-state index contributed by atoms with van der Waals surface area (Å²) < 4.78 is 68.3. The molecule has 0 heterocycles. The molecule has 8 atom stereocenters. The molecule has 546 valence electrons. The van der Waals surface area contributed by atoms with E-state index in [2.05, 4.69) is 55.4 Å². The first-order valence-corrected chi connectivity index (χ1v) is 40.8. The van der Waals surface area contributed by atoms with Gasteiger partial charge in [-0.15, -0.1) is 0 Å². The van der Waals surface area contributed by atoms with E-state index in [0.717, 1.165) is 114 Å². The molecule has 0 spiro atoms. The fourth-order valence-electron chi connectivity index (χ4n) is 10.9. The summed E-state index contributed by atoms with van der Waals surface area (Å²) in [7, 11) is -9.90. The third-order valence-electron chi connectivity index (χ3n) is 17.9. The predicted molar refractivity (Wildman–Crippen MR) is 372 cm³/mol. The van der Waals surface area contributed by atoms with Crippen molar-refractivity contribution in [3.63, 3.8) is 0 Å². The highest BCUT2D eigenvalue weighted by Crippen LogP contribution is 2.45. The van der Waals surface area contributed by atoms with Crippen molar-refractivity contribution in [3.05, 3.63) is 0 Å². The first-order valence-electron chi connectivity index (χ1n) is 37.8. The monoisotopic (exact) mass is 1350 g/mol. The first-order chi connectivity index (χ1) is 44.2. The third kappa shape index (κ3) is 62.8. The number of rotatable bonds is 70. The fourth-order valence-corrected chi connectivity index (χ4v) is 12.5. The molecule has 0 rings (SSSR count). The Kier molecular flexibility index (Phi) is 61.3. The Labute approximate surface area is 562 Å².